The second kappa shape index (κ2) is 7.12. The van der Waals surface area contributed by atoms with Crippen LogP contribution in [0.15, 0.2) is 43.5 Å². The third-order valence-electron chi connectivity index (χ3n) is 4.40. The number of hydrogen-bond acceptors (Lipinski definition) is 8. The highest BCUT2D eigenvalue weighted by molar-refractivity contribution is 7.99. The fraction of sp³-hybridized carbons (Fsp3) is 0.278. The van der Waals surface area contributed by atoms with Crippen molar-refractivity contribution in [3.63, 3.8) is 0 Å². The first-order valence-corrected chi connectivity index (χ1v) is 9.63. The van der Waals surface area contributed by atoms with Gasteiger partial charge in [0.2, 0.25) is 5.89 Å². The number of H-pyrrole nitrogens is 1. The van der Waals surface area contributed by atoms with E-state index >= 15 is 0 Å². The van der Waals surface area contributed by atoms with E-state index in [-0.39, 0.29) is 28.4 Å². The van der Waals surface area contributed by atoms with Crippen molar-refractivity contribution in [2.45, 2.75) is 31.0 Å². The molecule has 2 aromatic heterocycles. The van der Waals surface area contributed by atoms with E-state index in [0.717, 1.165) is 35.7 Å². The van der Waals surface area contributed by atoms with Crippen LogP contribution in [0.4, 0.5) is 5.82 Å². The van der Waals surface area contributed by atoms with E-state index in [2.05, 4.69) is 15.2 Å². The molecule has 3 aromatic rings. The molecule has 0 atom stereocenters. The number of nitrogens with one attached hydrogen (secondary N) is 1. The molecule has 0 saturated heterocycles. The molecule has 1 fully saturated rings. The summed E-state index contributed by atoms with van der Waals surface area (Å²) in [5, 5.41) is 8.09. The van der Waals surface area contributed by atoms with E-state index < -0.39 is 17.0 Å². The molecule has 0 amide bonds. The SMILES string of the molecule is Cc1ccc(-c2nnc(SCC(=O)c3c(N)n(C4CC4)c(=O)[nH]c3=O)o2)cc1. The Kier molecular flexibility index (Phi) is 4.63. The maximum atomic E-state index is 12.6. The Morgan fingerprint density at radius 1 is 1.29 bits per heavy atom. The molecule has 28 heavy (non-hydrogen) atoms. The molecule has 1 saturated carbocycles. The van der Waals surface area contributed by atoms with E-state index in [1.807, 2.05) is 31.2 Å². The number of thioether (sulfide) groups is 1. The van der Waals surface area contributed by atoms with Gasteiger partial charge in [0.15, 0.2) is 5.78 Å². The van der Waals surface area contributed by atoms with Gasteiger partial charge in [0.05, 0.1) is 5.75 Å². The van der Waals surface area contributed by atoms with Crippen molar-refractivity contribution in [3.8, 4) is 11.5 Å². The number of nitrogens with zero attached hydrogens (tertiary/aromatic N) is 3. The van der Waals surface area contributed by atoms with E-state index in [9.17, 15) is 14.4 Å². The largest absolute Gasteiger partial charge is 0.411 e. The Morgan fingerprint density at radius 3 is 2.68 bits per heavy atom. The highest BCUT2D eigenvalue weighted by Gasteiger charge is 2.30. The molecule has 1 aliphatic carbocycles. The van der Waals surface area contributed by atoms with Gasteiger partial charge in [-0.05, 0) is 31.9 Å². The number of aryl methyl sites for hydroxylation is 1. The van der Waals surface area contributed by atoms with Crippen molar-refractivity contribution in [1.82, 2.24) is 19.7 Å². The number of carbonyl (C=O) groups excluding carboxylic acids is 1. The van der Waals surface area contributed by atoms with Crippen molar-refractivity contribution in [2.75, 3.05) is 11.5 Å². The number of nitrogen functional groups attached to an aromatic ring is 1. The lowest BCUT2D eigenvalue weighted by Gasteiger charge is -2.10. The van der Waals surface area contributed by atoms with Gasteiger partial charge in [0.1, 0.15) is 11.4 Å². The second-order valence-corrected chi connectivity index (χ2v) is 7.50. The van der Waals surface area contributed by atoms with Gasteiger partial charge in [-0.1, -0.05) is 29.5 Å². The summed E-state index contributed by atoms with van der Waals surface area (Å²) < 4.78 is 6.84. The molecule has 0 radical (unpaired) electrons. The van der Waals surface area contributed by atoms with Crippen LogP contribution < -0.4 is 17.0 Å². The fourth-order valence-corrected chi connectivity index (χ4v) is 3.45. The van der Waals surface area contributed by atoms with Crippen LogP contribution in [0.3, 0.4) is 0 Å². The minimum atomic E-state index is -0.782. The second-order valence-electron chi connectivity index (χ2n) is 6.57. The van der Waals surface area contributed by atoms with Crippen LogP contribution in [0.1, 0.15) is 34.8 Å². The summed E-state index contributed by atoms with van der Waals surface area (Å²) in [5.41, 5.74) is 6.25. The molecule has 9 nitrogen and oxygen atoms in total. The molecule has 1 aromatic carbocycles. The standard InChI is InChI=1S/C18H17N5O4S/c1-9-2-4-10(5-3-9)16-21-22-18(27-16)28-8-12(24)13-14(19)23(11-6-7-11)17(26)20-15(13)25/h2-5,11H,6-8,19H2,1H3,(H,20,25,26). The van der Waals surface area contributed by atoms with Gasteiger partial charge in [-0.15, -0.1) is 10.2 Å². The molecule has 0 bridgehead atoms. The molecule has 0 unspecified atom stereocenters. The average Bonchev–Trinajstić information content (AvgIpc) is 3.36. The molecule has 4 rings (SSSR count). The van der Waals surface area contributed by atoms with Crippen molar-refractivity contribution in [3.05, 3.63) is 56.2 Å². The van der Waals surface area contributed by atoms with Crippen LogP contribution in [0.5, 0.6) is 0 Å². The third-order valence-corrected chi connectivity index (χ3v) is 5.22. The quantitative estimate of drug-likeness (QED) is 0.473. The van der Waals surface area contributed by atoms with Crippen LogP contribution in [0.25, 0.3) is 11.5 Å². The van der Waals surface area contributed by atoms with Crippen LogP contribution in [-0.4, -0.2) is 31.3 Å². The number of nitrogens with two attached hydrogens (primary N) is 1. The lowest BCUT2D eigenvalue weighted by molar-refractivity contribution is 0.102. The van der Waals surface area contributed by atoms with Gasteiger partial charge in [-0.3, -0.25) is 19.1 Å². The minimum Gasteiger partial charge on any atom is -0.411 e. The highest BCUT2D eigenvalue weighted by Crippen LogP contribution is 2.35. The van der Waals surface area contributed by atoms with Gasteiger partial charge in [-0.25, -0.2) is 4.79 Å². The van der Waals surface area contributed by atoms with E-state index in [0.29, 0.717) is 5.89 Å². The number of aromatic nitrogens is 4. The Labute approximate surface area is 163 Å². The van der Waals surface area contributed by atoms with Gasteiger partial charge >= 0.3 is 5.69 Å². The molecule has 3 N–H and O–H groups in total. The molecular weight excluding hydrogens is 382 g/mol. The smallest absolute Gasteiger partial charge is 0.330 e. The number of Topliss-reactive ketones (excluding diaryl/α,β-unsaturated/α-hetero) is 1. The van der Waals surface area contributed by atoms with Crippen LogP contribution >= 0.6 is 11.8 Å². The Balaban J connectivity index is 1.51. The van der Waals surface area contributed by atoms with Crippen LogP contribution in [0.2, 0.25) is 0 Å². The zero-order valence-corrected chi connectivity index (χ0v) is 15.8. The maximum absolute atomic E-state index is 12.6. The molecular formula is C18H17N5O4S. The summed E-state index contributed by atoms with van der Waals surface area (Å²) in [4.78, 5) is 38.8. The number of carbonyl (C=O) groups is 1. The van der Waals surface area contributed by atoms with E-state index in [1.54, 1.807) is 0 Å². The highest BCUT2D eigenvalue weighted by atomic mass is 32.2. The number of ketones is 1. The first-order valence-electron chi connectivity index (χ1n) is 8.65. The monoisotopic (exact) mass is 399 g/mol. The summed E-state index contributed by atoms with van der Waals surface area (Å²) in [5.74, 6) is -0.373. The zero-order valence-electron chi connectivity index (χ0n) is 15.0. The first-order chi connectivity index (χ1) is 13.4. The van der Waals surface area contributed by atoms with E-state index in [1.165, 1.54) is 4.57 Å². The summed E-state index contributed by atoms with van der Waals surface area (Å²) in [7, 11) is 0. The minimum absolute atomic E-state index is 0.0587. The Hall–Kier alpha value is -3.14. The maximum Gasteiger partial charge on any atom is 0.330 e. The van der Waals surface area contributed by atoms with Gasteiger partial charge in [0.25, 0.3) is 10.8 Å². The summed E-state index contributed by atoms with van der Waals surface area (Å²) in [6, 6.07) is 7.53. The number of anilines is 1. The predicted octanol–water partition coefficient (Wildman–Crippen LogP) is 1.79. The zero-order chi connectivity index (χ0) is 19.8. The normalized spacial score (nSPS) is 13.6. The van der Waals surface area contributed by atoms with Crippen LogP contribution in [0, 0.1) is 6.92 Å². The van der Waals surface area contributed by atoms with Gasteiger partial charge < -0.3 is 10.2 Å². The van der Waals surface area contributed by atoms with Gasteiger partial charge in [-0.2, -0.15) is 0 Å². The summed E-state index contributed by atoms with van der Waals surface area (Å²) in [6.07, 6.45) is 1.59. The summed E-state index contributed by atoms with van der Waals surface area (Å²) >= 11 is 1.01. The lowest BCUT2D eigenvalue weighted by Crippen LogP contribution is -2.36. The lowest BCUT2D eigenvalue weighted by atomic mass is 10.1. The third kappa shape index (κ3) is 3.50. The number of hydrogen-bond donors (Lipinski definition) is 2. The molecule has 10 heteroatoms. The number of rotatable bonds is 6. The molecule has 0 aliphatic heterocycles. The fourth-order valence-electron chi connectivity index (χ4n) is 2.81. The molecule has 144 valence electrons. The Bertz CT molecular complexity index is 1160. The molecule has 0 spiro atoms. The Morgan fingerprint density at radius 2 is 2.00 bits per heavy atom. The summed E-state index contributed by atoms with van der Waals surface area (Å²) in [6.45, 7) is 1.98. The van der Waals surface area contributed by atoms with Crippen LogP contribution in [-0.2, 0) is 0 Å². The predicted molar refractivity (Wildman–Crippen MR) is 104 cm³/mol. The number of benzene rings is 1. The van der Waals surface area contributed by atoms with Crippen molar-refractivity contribution in [1.29, 1.82) is 0 Å². The van der Waals surface area contributed by atoms with E-state index in [4.69, 9.17) is 10.2 Å². The first kappa shape index (κ1) is 18.2. The number of aromatic amines is 1. The average molecular weight is 399 g/mol. The molecule has 2 heterocycles. The topological polar surface area (TPSA) is 137 Å². The molecule has 1 aliphatic rings. The van der Waals surface area contributed by atoms with Crippen molar-refractivity contribution in [2.24, 2.45) is 0 Å². The van der Waals surface area contributed by atoms with Crippen molar-refractivity contribution >= 4 is 23.4 Å². The van der Waals surface area contributed by atoms with Crippen molar-refractivity contribution < 1.29 is 9.21 Å². The van der Waals surface area contributed by atoms with Gasteiger partial charge in [0, 0.05) is 11.6 Å².